The summed E-state index contributed by atoms with van der Waals surface area (Å²) in [6.45, 7) is 0. The van der Waals surface area contributed by atoms with Crippen molar-refractivity contribution in [3.8, 4) is 11.9 Å². The Morgan fingerprint density at radius 3 is 2.80 bits per heavy atom. The van der Waals surface area contributed by atoms with Crippen molar-refractivity contribution in [2.45, 2.75) is 31.6 Å². The molecule has 3 heteroatoms. The van der Waals surface area contributed by atoms with Crippen LogP contribution in [0.1, 0.15) is 42.7 Å². The van der Waals surface area contributed by atoms with E-state index in [0.29, 0.717) is 17.4 Å². The maximum absolute atomic E-state index is 8.95. The smallest absolute Gasteiger partial charge is 0.231 e. The number of pyridine rings is 1. The first kappa shape index (κ1) is 9.97. The van der Waals surface area contributed by atoms with Crippen LogP contribution in [0.15, 0.2) is 12.3 Å². The van der Waals surface area contributed by atoms with E-state index in [-0.39, 0.29) is 0 Å². The molecule has 1 aromatic heterocycles. The summed E-state index contributed by atoms with van der Waals surface area (Å²) in [7, 11) is 1.54. The maximum Gasteiger partial charge on any atom is 0.231 e. The zero-order chi connectivity index (χ0) is 10.7. The van der Waals surface area contributed by atoms with E-state index in [9.17, 15) is 0 Å². The van der Waals surface area contributed by atoms with E-state index in [1.807, 2.05) is 12.3 Å². The van der Waals surface area contributed by atoms with Crippen molar-refractivity contribution < 1.29 is 4.74 Å². The van der Waals surface area contributed by atoms with Crippen LogP contribution in [-0.4, -0.2) is 12.1 Å². The summed E-state index contributed by atoms with van der Waals surface area (Å²) in [6, 6.07) is 4.04. The number of ether oxygens (including phenoxy) is 1. The van der Waals surface area contributed by atoms with Crippen molar-refractivity contribution in [1.82, 2.24) is 4.98 Å². The first-order valence-corrected chi connectivity index (χ1v) is 5.29. The Balaban J connectivity index is 2.30. The predicted octanol–water partition coefficient (Wildman–Crippen LogP) is 2.62. The standard InChI is InChI=1S/C12H14N2O/c1-15-12-10(7-13)6-11(8-14-12)9-4-2-3-5-9/h6,8-9H,2-5H2,1H3. The summed E-state index contributed by atoms with van der Waals surface area (Å²) in [4.78, 5) is 4.17. The Hall–Kier alpha value is -1.56. The molecule has 0 saturated heterocycles. The van der Waals surface area contributed by atoms with Gasteiger partial charge in [-0.15, -0.1) is 0 Å². The van der Waals surface area contributed by atoms with Crippen LogP contribution < -0.4 is 4.74 Å². The van der Waals surface area contributed by atoms with Gasteiger partial charge in [-0.25, -0.2) is 4.98 Å². The quantitative estimate of drug-likeness (QED) is 0.740. The molecule has 1 saturated carbocycles. The van der Waals surface area contributed by atoms with E-state index >= 15 is 0 Å². The topological polar surface area (TPSA) is 45.9 Å². The summed E-state index contributed by atoms with van der Waals surface area (Å²) in [6.07, 6.45) is 6.87. The van der Waals surface area contributed by atoms with Gasteiger partial charge in [0.05, 0.1) is 7.11 Å². The molecule has 3 nitrogen and oxygen atoms in total. The van der Waals surface area contributed by atoms with Crippen LogP contribution in [0.2, 0.25) is 0 Å². The van der Waals surface area contributed by atoms with Crippen LogP contribution in [0.4, 0.5) is 0 Å². The van der Waals surface area contributed by atoms with Gasteiger partial charge in [-0.05, 0) is 30.4 Å². The van der Waals surface area contributed by atoms with E-state index in [4.69, 9.17) is 10.00 Å². The van der Waals surface area contributed by atoms with Gasteiger partial charge in [-0.3, -0.25) is 0 Å². The monoisotopic (exact) mass is 202 g/mol. The van der Waals surface area contributed by atoms with E-state index < -0.39 is 0 Å². The van der Waals surface area contributed by atoms with Crippen LogP contribution in [-0.2, 0) is 0 Å². The minimum Gasteiger partial charge on any atom is -0.480 e. The van der Waals surface area contributed by atoms with Crippen molar-refractivity contribution in [2.75, 3.05) is 7.11 Å². The molecular weight excluding hydrogens is 188 g/mol. The molecule has 0 N–H and O–H groups in total. The predicted molar refractivity (Wildman–Crippen MR) is 56.7 cm³/mol. The van der Waals surface area contributed by atoms with Crippen LogP contribution in [0.5, 0.6) is 5.88 Å². The zero-order valence-corrected chi connectivity index (χ0v) is 8.86. The number of methoxy groups -OCH3 is 1. The van der Waals surface area contributed by atoms with Crippen molar-refractivity contribution in [1.29, 1.82) is 5.26 Å². The van der Waals surface area contributed by atoms with Gasteiger partial charge in [0, 0.05) is 6.20 Å². The molecule has 1 aromatic rings. The maximum atomic E-state index is 8.95. The summed E-state index contributed by atoms with van der Waals surface area (Å²) in [5, 5.41) is 8.95. The van der Waals surface area contributed by atoms with Crippen molar-refractivity contribution in [3.63, 3.8) is 0 Å². The molecule has 0 unspecified atom stereocenters. The minimum atomic E-state index is 0.430. The second-order valence-electron chi connectivity index (χ2n) is 3.92. The third-order valence-corrected chi connectivity index (χ3v) is 3.01. The average molecular weight is 202 g/mol. The molecular formula is C12H14N2O. The van der Waals surface area contributed by atoms with Gasteiger partial charge in [-0.1, -0.05) is 12.8 Å². The largest absolute Gasteiger partial charge is 0.480 e. The fourth-order valence-corrected chi connectivity index (χ4v) is 2.19. The van der Waals surface area contributed by atoms with Gasteiger partial charge in [0.25, 0.3) is 0 Å². The van der Waals surface area contributed by atoms with Crippen LogP contribution in [0.25, 0.3) is 0 Å². The number of hydrogen-bond acceptors (Lipinski definition) is 3. The molecule has 0 aromatic carbocycles. The Kier molecular flexibility index (Phi) is 2.86. The molecule has 15 heavy (non-hydrogen) atoms. The molecule has 0 radical (unpaired) electrons. The minimum absolute atomic E-state index is 0.430. The summed E-state index contributed by atoms with van der Waals surface area (Å²) >= 11 is 0. The molecule has 0 spiro atoms. The SMILES string of the molecule is COc1ncc(C2CCCC2)cc1C#N. The molecule has 0 amide bonds. The Bertz CT molecular complexity index is 389. The highest BCUT2D eigenvalue weighted by atomic mass is 16.5. The highest BCUT2D eigenvalue weighted by Crippen LogP contribution is 2.34. The van der Waals surface area contributed by atoms with Gasteiger partial charge < -0.3 is 4.74 Å². The third kappa shape index (κ3) is 1.94. The zero-order valence-electron chi connectivity index (χ0n) is 8.86. The summed E-state index contributed by atoms with van der Waals surface area (Å²) in [5.41, 5.74) is 1.73. The highest BCUT2D eigenvalue weighted by Gasteiger charge is 2.18. The first-order chi connectivity index (χ1) is 7.35. The van der Waals surface area contributed by atoms with Crippen molar-refractivity contribution in [2.24, 2.45) is 0 Å². The van der Waals surface area contributed by atoms with Crippen LogP contribution in [0, 0.1) is 11.3 Å². The molecule has 78 valence electrons. The lowest BCUT2D eigenvalue weighted by Gasteiger charge is -2.10. The lowest BCUT2D eigenvalue weighted by atomic mass is 9.98. The van der Waals surface area contributed by atoms with Gasteiger partial charge >= 0.3 is 0 Å². The molecule has 1 fully saturated rings. The van der Waals surface area contributed by atoms with Crippen molar-refractivity contribution in [3.05, 3.63) is 23.4 Å². The fourth-order valence-electron chi connectivity index (χ4n) is 2.19. The fraction of sp³-hybridized carbons (Fsp3) is 0.500. The van der Waals surface area contributed by atoms with E-state index in [0.717, 1.165) is 0 Å². The Labute approximate surface area is 89.7 Å². The molecule has 2 rings (SSSR count). The molecule has 0 atom stereocenters. The Morgan fingerprint density at radius 2 is 2.20 bits per heavy atom. The molecule has 1 aliphatic rings. The van der Waals surface area contributed by atoms with Crippen LogP contribution >= 0.6 is 0 Å². The summed E-state index contributed by atoms with van der Waals surface area (Å²) in [5.74, 6) is 1.02. The first-order valence-electron chi connectivity index (χ1n) is 5.29. The average Bonchev–Trinajstić information content (AvgIpc) is 2.81. The van der Waals surface area contributed by atoms with Gasteiger partial charge in [0.2, 0.25) is 5.88 Å². The van der Waals surface area contributed by atoms with Gasteiger partial charge in [0.15, 0.2) is 0 Å². The van der Waals surface area contributed by atoms with Crippen molar-refractivity contribution >= 4 is 0 Å². The molecule has 0 aliphatic heterocycles. The van der Waals surface area contributed by atoms with E-state index in [2.05, 4.69) is 11.1 Å². The number of nitrogens with zero attached hydrogens (tertiary/aromatic N) is 2. The lowest BCUT2D eigenvalue weighted by molar-refractivity contribution is 0.396. The number of hydrogen-bond donors (Lipinski definition) is 0. The number of rotatable bonds is 2. The second kappa shape index (κ2) is 4.31. The molecule has 1 heterocycles. The number of nitriles is 1. The van der Waals surface area contributed by atoms with E-state index in [1.165, 1.54) is 31.2 Å². The second-order valence-corrected chi connectivity index (χ2v) is 3.92. The normalized spacial score (nSPS) is 16.3. The molecule has 1 aliphatic carbocycles. The van der Waals surface area contributed by atoms with Crippen LogP contribution in [0.3, 0.4) is 0 Å². The number of aromatic nitrogens is 1. The van der Waals surface area contributed by atoms with Gasteiger partial charge in [0.1, 0.15) is 11.6 Å². The third-order valence-electron chi connectivity index (χ3n) is 3.01. The van der Waals surface area contributed by atoms with E-state index in [1.54, 1.807) is 7.11 Å². The molecule has 0 bridgehead atoms. The summed E-state index contributed by atoms with van der Waals surface area (Å²) < 4.78 is 5.02. The van der Waals surface area contributed by atoms with Gasteiger partial charge in [-0.2, -0.15) is 5.26 Å². The lowest BCUT2D eigenvalue weighted by Crippen LogP contribution is -1.98. The highest BCUT2D eigenvalue weighted by molar-refractivity contribution is 5.41. The Morgan fingerprint density at radius 1 is 1.47 bits per heavy atom.